The van der Waals surface area contributed by atoms with E-state index in [1.165, 1.54) is 12.1 Å². The molecule has 2 N–H and O–H groups in total. The summed E-state index contributed by atoms with van der Waals surface area (Å²) in [5.74, 6) is -5.57. The molecule has 41 heavy (non-hydrogen) atoms. The van der Waals surface area contributed by atoms with E-state index < -0.39 is 66.2 Å². The van der Waals surface area contributed by atoms with Gasteiger partial charge in [0.05, 0.1) is 23.0 Å². The molecule has 0 radical (unpaired) electrons. The molecular weight excluding hydrogens is 580 g/mol. The Balaban J connectivity index is 1.82. The van der Waals surface area contributed by atoms with E-state index in [0.717, 1.165) is 34.2 Å². The third-order valence-electron chi connectivity index (χ3n) is 6.26. The van der Waals surface area contributed by atoms with Crippen LogP contribution in [0.4, 0.5) is 14.6 Å². The summed E-state index contributed by atoms with van der Waals surface area (Å²) in [4.78, 5) is 23.1. The maximum absolute atomic E-state index is 14.9. The molecule has 4 aromatic rings. The summed E-state index contributed by atoms with van der Waals surface area (Å²) in [7, 11) is -8.28. The first-order valence-corrected chi connectivity index (χ1v) is 15.4. The molecule has 0 aliphatic carbocycles. The molecule has 15 heteroatoms. The Kier molecular flexibility index (Phi) is 7.88. The molecule has 0 spiro atoms. The van der Waals surface area contributed by atoms with Crippen molar-refractivity contribution in [2.24, 2.45) is 5.41 Å². The Bertz CT molecular complexity index is 1850. The molecule has 0 saturated carbocycles. The van der Waals surface area contributed by atoms with Crippen molar-refractivity contribution in [1.82, 2.24) is 18.9 Å². The van der Waals surface area contributed by atoms with Crippen LogP contribution in [0.1, 0.15) is 26.3 Å². The van der Waals surface area contributed by atoms with E-state index in [0.29, 0.717) is 0 Å². The third-order valence-corrected chi connectivity index (χ3v) is 9.45. The number of rotatable bonds is 9. The second-order valence-electron chi connectivity index (χ2n) is 10.6. The number of sulfone groups is 1. The molecule has 0 saturated heterocycles. The van der Waals surface area contributed by atoms with Crippen LogP contribution in [-0.4, -0.2) is 64.4 Å². The fraction of sp³-hybridized carbons (Fsp3) is 0.308. The number of pyridine rings is 1. The Hall–Kier alpha value is -3.98. The fourth-order valence-electron chi connectivity index (χ4n) is 4.01. The molecule has 218 valence electrons. The molecule has 0 amide bonds. The van der Waals surface area contributed by atoms with Gasteiger partial charge in [0.1, 0.15) is 11.6 Å². The first kappa shape index (κ1) is 30.0. The van der Waals surface area contributed by atoms with E-state index in [2.05, 4.69) is 20.3 Å². The molecule has 0 unspecified atom stereocenters. The molecule has 1 atom stereocenters. The van der Waals surface area contributed by atoms with Crippen molar-refractivity contribution < 1.29 is 35.5 Å². The predicted octanol–water partition coefficient (Wildman–Crippen LogP) is 3.64. The van der Waals surface area contributed by atoms with Crippen LogP contribution in [0.3, 0.4) is 0 Å². The number of halogens is 2. The number of nitrogens with one attached hydrogen (secondary N) is 1. The lowest BCUT2D eigenvalue weighted by atomic mass is 9.88. The summed E-state index contributed by atoms with van der Waals surface area (Å²) in [6.45, 7) is 6.84. The van der Waals surface area contributed by atoms with Gasteiger partial charge in [-0.05, 0) is 30.5 Å². The largest absolute Gasteiger partial charge is 0.480 e. The van der Waals surface area contributed by atoms with Gasteiger partial charge in [-0.15, -0.1) is 0 Å². The van der Waals surface area contributed by atoms with E-state index in [1.807, 2.05) is 0 Å². The third kappa shape index (κ3) is 6.51. The number of carboxylic acids is 1. The fourth-order valence-corrected chi connectivity index (χ4v) is 6.92. The lowest BCUT2D eigenvalue weighted by molar-refractivity contribution is -0.134. The number of carbonyl (C=O) groups is 1. The van der Waals surface area contributed by atoms with Gasteiger partial charge in [0.2, 0.25) is 0 Å². The van der Waals surface area contributed by atoms with Crippen molar-refractivity contribution in [3.8, 4) is 11.4 Å². The van der Waals surface area contributed by atoms with Gasteiger partial charge < -0.3 is 10.4 Å². The monoisotopic (exact) mass is 607 g/mol. The van der Waals surface area contributed by atoms with Gasteiger partial charge in [0, 0.05) is 23.2 Å². The minimum atomic E-state index is -4.20. The van der Waals surface area contributed by atoms with E-state index in [1.54, 1.807) is 39.8 Å². The van der Waals surface area contributed by atoms with Gasteiger partial charge in [-0.25, -0.2) is 44.5 Å². The standard InChI is InChI=1S/C26H27F2N5O6S2/c1-15-5-7-17(8-6-15)41(38,39)33-12-19(18-9-16(27)10-30-25(18)33)23-29-11-20(28)24(32-23)31-21(26(2,3)4)13-40(36,37)14-22(34)35/h5-12,21H,13-14H2,1-4H3,(H,34,35)(H,29,31,32)/t21-/m1/s1. The maximum atomic E-state index is 14.9. The molecule has 4 rings (SSSR count). The first-order valence-electron chi connectivity index (χ1n) is 12.2. The average Bonchev–Trinajstić information content (AvgIpc) is 3.23. The van der Waals surface area contributed by atoms with Crippen molar-refractivity contribution in [1.29, 1.82) is 0 Å². The van der Waals surface area contributed by atoms with E-state index in [4.69, 9.17) is 5.11 Å². The number of aliphatic carboxylic acids is 1. The number of nitrogens with zero attached hydrogens (tertiary/aromatic N) is 4. The Morgan fingerprint density at radius 1 is 1.07 bits per heavy atom. The molecule has 0 bridgehead atoms. The predicted molar refractivity (Wildman–Crippen MR) is 148 cm³/mol. The van der Waals surface area contributed by atoms with Crippen LogP contribution in [0.5, 0.6) is 0 Å². The smallest absolute Gasteiger partial charge is 0.318 e. The summed E-state index contributed by atoms with van der Waals surface area (Å²) in [5.41, 5.74) is -0.0477. The Morgan fingerprint density at radius 3 is 2.34 bits per heavy atom. The number of hydrogen-bond acceptors (Lipinski definition) is 9. The normalized spacial score (nSPS) is 13.3. The van der Waals surface area contributed by atoms with E-state index in [9.17, 15) is 30.4 Å². The quantitative estimate of drug-likeness (QED) is 0.287. The number of carboxylic acid groups (broad SMARTS) is 1. The summed E-state index contributed by atoms with van der Waals surface area (Å²) in [5, 5.41) is 11.7. The molecule has 0 fully saturated rings. The average molecular weight is 608 g/mol. The van der Waals surface area contributed by atoms with Gasteiger partial charge in [-0.3, -0.25) is 4.79 Å². The zero-order valence-corrected chi connectivity index (χ0v) is 24.1. The number of benzene rings is 1. The SMILES string of the molecule is Cc1ccc(S(=O)(=O)n2cc(-c3ncc(F)c(N[C@H](CS(=O)(=O)CC(=O)O)C(C)(C)C)n3)c3cc(F)cnc32)cc1. The topological polar surface area (TPSA) is 161 Å². The molecule has 3 heterocycles. The maximum Gasteiger partial charge on any atom is 0.318 e. The second kappa shape index (κ2) is 10.8. The lowest BCUT2D eigenvalue weighted by Crippen LogP contribution is -2.41. The van der Waals surface area contributed by atoms with Crippen molar-refractivity contribution in [2.75, 3.05) is 16.8 Å². The highest BCUT2D eigenvalue weighted by Gasteiger charge is 2.32. The van der Waals surface area contributed by atoms with Crippen molar-refractivity contribution in [3.63, 3.8) is 0 Å². The second-order valence-corrected chi connectivity index (χ2v) is 14.5. The molecular formula is C26H27F2N5O6S2. The number of hydrogen-bond donors (Lipinski definition) is 2. The highest BCUT2D eigenvalue weighted by Crippen LogP contribution is 2.32. The summed E-state index contributed by atoms with van der Waals surface area (Å²) >= 11 is 0. The molecule has 11 nitrogen and oxygen atoms in total. The lowest BCUT2D eigenvalue weighted by Gasteiger charge is -2.31. The summed E-state index contributed by atoms with van der Waals surface area (Å²) in [6.07, 6.45) is 2.82. The Morgan fingerprint density at radius 2 is 1.73 bits per heavy atom. The number of fused-ring (bicyclic) bond motifs is 1. The van der Waals surface area contributed by atoms with Gasteiger partial charge in [-0.2, -0.15) is 0 Å². The zero-order valence-electron chi connectivity index (χ0n) is 22.5. The molecule has 3 aromatic heterocycles. The number of anilines is 1. The number of aryl methyl sites for hydroxylation is 1. The van der Waals surface area contributed by atoms with Gasteiger partial charge >= 0.3 is 5.97 Å². The highest BCUT2D eigenvalue weighted by molar-refractivity contribution is 7.92. The van der Waals surface area contributed by atoms with E-state index >= 15 is 0 Å². The molecule has 0 aliphatic rings. The molecule has 0 aliphatic heterocycles. The van der Waals surface area contributed by atoms with E-state index in [-0.39, 0.29) is 27.3 Å². The van der Waals surface area contributed by atoms with Crippen LogP contribution in [0.15, 0.2) is 53.8 Å². The van der Waals surface area contributed by atoms with Gasteiger partial charge in [-0.1, -0.05) is 38.5 Å². The van der Waals surface area contributed by atoms with Crippen LogP contribution in [-0.2, 0) is 24.7 Å². The van der Waals surface area contributed by atoms with Crippen LogP contribution >= 0.6 is 0 Å². The van der Waals surface area contributed by atoms with Crippen molar-refractivity contribution in [2.45, 2.75) is 38.6 Å². The van der Waals surface area contributed by atoms with Gasteiger partial charge in [0.15, 0.2) is 32.9 Å². The minimum Gasteiger partial charge on any atom is -0.480 e. The van der Waals surface area contributed by atoms with Gasteiger partial charge in [0.25, 0.3) is 10.0 Å². The minimum absolute atomic E-state index is 0.0246. The van der Waals surface area contributed by atoms with Crippen molar-refractivity contribution >= 4 is 42.7 Å². The summed E-state index contributed by atoms with van der Waals surface area (Å²) in [6, 6.07) is 6.15. The highest BCUT2D eigenvalue weighted by atomic mass is 32.2. The number of aromatic nitrogens is 4. The zero-order chi connectivity index (χ0) is 30.3. The van der Waals surface area contributed by atoms with Crippen molar-refractivity contribution in [3.05, 3.63) is 66.1 Å². The first-order chi connectivity index (χ1) is 19.0. The van der Waals surface area contributed by atoms with Crippen LogP contribution in [0.25, 0.3) is 22.4 Å². The van der Waals surface area contributed by atoms with Crippen LogP contribution in [0.2, 0.25) is 0 Å². The Labute approximate surface area is 235 Å². The summed E-state index contributed by atoms with van der Waals surface area (Å²) < 4.78 is 81.9. The molecule has 1 aromatic carbocycles. The van der Waals surface area contributed by atoms with Crippen LogP contribution in [0, 0.1) is 24.0 Å². The van der Waals surface area contributed by atoms with Crippen LogP contribution < -0.4 is 5.32 Å².